The van der Waals surface area contributed by atoms with E-state index in [2.05, 4.69) is 10.2 Å². The van der Waals surface area contributed by atoms with E-state index in [1.165, 1.54) is 24.3 Å². The van der Waals surface area contributed by atoms with Crippen LogP contribution < -0.4 is 4.74 Å². The van der Waals surface area contributed by atoms with Crippen LogP contribution in [0.1, 0.15) is 27.4 Å². The van der Waals surface area contributed by atoms with Crippen molar-refractivity contribution in [2.45, 2.75) is 25.7 Å². The Bertz CT molecular complexity index is 998. The van der Waals surface area contributed by atoms with Crippen LogP contribution in [0.5, 0.6) is 5.75 Å². The number of aromatic nitrogens is 2. The Morgan fingerprint density at radius 3 is 2.64 bits per heavy atom. The van der Waals surface area contributed by atoms with Crippen LogP contribution in [0.25, 0.3) is 0 Å². The zero-order valence-corrected chi connectivity index (χ0v) is 16.1. The summed E-state index contributed by atoms with van der Waals surface area (Å²) in [7, 11) is 0. The molecule has 0 aliphatic carbocycles. The number of carbonyl (C=O) groups is 1. The number of hydrogen-bond donors (Lipinski definition) is 0. The molecule has 0 saturated heterocycles. The number of ketones is 1. The van der Waals surface area contributed by atoms with Gasteiger partial charge in [0.1, 0.15) is 5.75 Å². The first-order valence-electron chi connectivity index (χ1n) is 8.34. The van der Waals surface area contributed by atoms with Crippen molar-refractivity contribution in [2.75, 3.05) is 5.75 Å². The minimum Gasteiger partial charge on any atom is -0.484 e. The van der Waals surface area contributed by atoms with Gasteiger partial charge < -0.3 is 9.15 Å². The molecule has 0 aliphatic heterocycles. The third kappa shape index (κ3) is 5.17. The highest BCUT2D eigenvalue weighted by Gasteiger charge is 2.14. The Balaban J connectivity index is 1.55. The van der Waals surface area contributed by atoms with Crippen molar-refractivity contribution in [1.29, 1.82) is 0 Å². The molecule has 28 heavy (non-hydrogen) atoms. The molecule has 1 heterocycles. The molecule has 0 atom stereocenters. The highest BCUT2D eigenvalue weighted by atomic mass is 32.2. The molecule has 1 aromatic heterocycles. The fourth-order valence-corrected chi connectivity index (χ4v) is 3.19. The predicted molar refractivity (Wildman–Crippen MR) is 103 cm³/mol. The van der Waals surface area contributed by atoms with Gasteiger partial charge >= 0.3 is 0 Å². The average Bonchev–Trinajstić information content (AvgIpc) is 3.12. The second-order valence-electron chi connectivity index (χ2n) is 6.09. The van der Waals surface area contributed by atoms with Gasteiger partial charge in [0.15, 0.2) is 12.4 Å². The van der Waals surface area contributed by atoms with E-state index in [1.54, 1.807) is 0 Å². The lowest BCUT2D eigenvalue weighted by Crippen LogP contribution is -2.03. The molecule has 0 aliphatic rings. The second-order valence-corrected chi connectivity index (χ2v) is 7.02. The molecule has 144 valence electrons. The van der Waals surface area contributed by atoms with Crippen molar-refractivity contribution in [3.05, 3.63) is 75.2 Å². The van der Waals surface area contributed by atoms with Crippen LogP contribution in [-0.4, -0.2) is 26.7 Å². The van der Waals surface area contributed by atoms with Crippen LogP contribution in [0.15, 0.2) is 52.1 Å². The summed E-state index contributed by atoms with van der Waals surface area (Å²) in [5.41, 5.74) is 2.33. The van der Waals surface area contributed by atoms with Gasteiger partial charge in [0.2, 0.25) is 0 Å². The fourth-order valence-electron chi connectivity index (χ4n) is 2.52. The zero-order chi connectivity index (χ0) is 20.1. The van der Waals surface area contributed by atoms with Crippen LogP contribution in [0.4, 0.5) is 5.69 Å². The van der Waals surface area contributed by atoms with Crippen LogP contribution >= 0.6 is 11.8 Å². The number of hydrogen-bond acceptors (Lipinski definition) is 8. The number of carbonyl (C=O) groups excluding carboxylic acids is 1. The molecule has 0 fully saturated rings. The number of benzene rings is 2. The molecular weight excluding hydrogens is 382 g/mol. The number of non-ortho nitro benzene ring substituents is 1. The highest BCUT2D eigenvalue weighted by molar-refractivity contribution is 7.99. The van der Waals surface area contributed by atoms with Crippen molar-refractivity contribution in [1.82, 2.24) is 10.2 Å². The lowest BCUT2D eigenvalue weighted by atomic mass is 10.1. The summed E-state index contributed by atoms with van der Waals surface area (Å²) in [6, 6.07) is 11.5. The van der Waals surface area contributed by atoms with Crippen LogP contribution in [-0.2, 0) is 6.61 Å². The van der Waals surface area contributed by atoms with E-state index in [9.17, 15) is 14.9 Å². The number of Topliss-reactive ketones (excluding diaryl/α,β-unsaturated/α-hetero) is 1. The van der Waals surface area contributed by atoms with E-state index in [0.29, 0.717) is 11.6 Å². The lowest BCUT2D eigenvalue weighted by molar-refractivity contribution is -0.384. The van der Waals surface area contributed by atoms with Gasteiger partial charge in [-0.3, -0.25) is 14.9 Å². The Morgan fingerprint density at radius 2 is 1.93 bits per heavy atom. The number of rotatable bonds is 8. The Kier molecular flexibility index (Phi) is 6.05. The molecule has 0 amide bonds. The quantitative estimate of drug-likeness (QED) is 0.241. The molecule has 0 saturated carbocycles. The monoisotopic (exact) mass is 399 g/mol. The van der Waals surface area contributed by atoms with E-state index >= 15 is 0 Å². The maximum absolute atomic E-state index is 12.2. The van der Waals surface area contributed by atoms with E-state index in [0.717, 1.165) is 22.9 Å². The van der Waals surface area contributed by atoms with E-state index in [4.69, 9.17) is 9.15 Å². The third-order valence-corrected chi connectivity index (χ3v) is 4.53. The smallest absolute Gasteiger partial charge is 0.277 e. The summed E-state index contributed by atoms with van der Waals surface area (Å²) in [6.07, 6.45) is 0. The summed E-state index contributed by atoms with van der Waals surface area (Å²) >= 11 is 1.07. The summed E-state index contributed by atoms with van der Waals surface area (Å²) in [5.74, 6) is 0.774. The second kappa shape index (κ2) is 8.66. The van der Waals surface area contributed by atoms with Gasteiger partial charge in [-0.1, -0.05) is 30.0 Å². The van der Waals surface area contributed by atoms with Crippen LogP contribution in [0, 0.1) is 24.0 Å². The van der Waals surface area contributed by atoms with Crippen molar-refractivity contribution in [3.63, 3.8) is 0 Å². The topological polar surface area (TPSA) is 108 Å². The lowest BCUT2D eigenvalue weighted by Gasteiger charge is -2.05. The minimum absolute atomic E-state index is 0.0285. The number of nitro groups is 1. The first-order valence-corrected chi connectivity index (χ1v) is 9.33. The average molecular weight is 399 g/mol. The van der Waals surface area contributed by atoms with Gasteiger partial charge in [0.05, 0.1) is 10.7 Å². The normalized spacial score (nSPS) is 10.6. The first-order chi connectivity index (χ1) is 13.4. The van der Waals surface area contributed by atoms with Gasteiger partial charge in [-0.25, -0.2) is 0 Å². The molecule has 2 aromatic carbocycles. The van der Waals surface area contributed by atoms with Gasteiger partial charge in [0.25, 0.3) is 16.8 Å². The van der Waals surface area contributed by atoms with Crippen LogP contribution in [0.2, 0.25) is 0 Å². The van der Waals surface area contributed by atoms with Gasteiger partial charge in [0, 0.05) is 17.7 Å². The zero-order valence-electron chi connectivity index (χ0n) is 15.2. The molecule has 0 spiro atoms. The van der Waals surface area contributed by atoms with Crippen molar-refractivity contribution >= 4 is 23.2 Å². The standard InChI is InChI=1S/C19H17N3O5S/c1-12-6-13(2)8-16(7-12)26-10-18-20-21-19(27-18)28-11-17(23)14-4-3-5-15(9-14)22(24)25/h3-9H,10-11H2,1-2H3. The molecule has 0 bridgehead atoms. The largest absolute Gasteiger partial charge is 0.484 e. The van der Waals surface area contributed by atoms with Gasteiger partial charge in [-0.15, -0.1) is 10.2 Å². The third-order valence-electron chi connectivity index (χ3n) is 3.71. The molecule has 9 heteroatoms. The van der Waals surface area contributed by atoms with E-state index < -0.39 is 4.92 Å². The number of nitrogens with zero attached hydrogens (tertiary/aromatic N) is 3. The Labute approximate surface area is 165 Å². The Hall–Kier alpha value is -3.20. The minimum atomic E-state index is -0.538. The van der Waals surface area contributed by atoms with Crippen molar-refractivity contribution < 1.29 is 18.9 Å². The Morgan fingerprint density at radius 1 is 1.18 bits per heavy atom. The molecule has 3 rings (SSSR count). The summed E-state index contributed by atoms with van der Waals surface area (Å²) in [5, 5.41) is 18.8. The first kappa shape index (κ1) is 19.6. The van der Waals surface area contributed by atoms with Crippen molar-refractivity contribution in [3.8, 4) is 5.75 Å². The molecule has 3 aromatic rings. The van der Waals surface area contributed by atoms with Crippen molar-refractivity contribution in [2.24, 2.45) is 0 Å². The van der Waals surface area contributed by atoms with Gasteiger partial charge in [-0.2, -0.15) is 0 Å². The highest BCUT2D eigenvalue weighted by Crippen LogP contribution is 2.21. The fraction of sp³-hybridized carbons (Fsp3) is 0.211. The van der Waals surface area contributed by atoms with E-state index in [-0.39, 0.29) is 34.6 Å². The predicted octanol–water partition coefficient (Wildman–Crippen LogP) is 4.15. The number of thioether (sulfide) groups is 1. The number of nitro benzene ring substituents is 1. The molecule has 0 N–H and O–H groups in total. The van der Waals surface area contributed by atoms with E-state index in [1.807, 2.05) is 32.0 Å². The number of ether oxygens (including phenoxy) is 1. The summed E-state index contributed by atoms with van der Waals surface area (Å²) in [6.45, 7) is 4.09. The van der Waals surface area contributed by atoms with Crippen LogP contribution in [0.3, 0.4) is 0 Å². The maximum atomic E-state index is 12.2. The summed E-state index contributed by atoms with van der Waals surface area (Å²) < 4.78 is 11.1. The molecule has 0 radical (unpaired) electrons. The van der Waals surface area contributed by atoms with Gasteiger partial charge in [-0.05, 0) is 37.1 Å². The number of aryl methyl sites for hydroxylation is 2. The summed E-state index contributed by atoms with van der Waals surface area (Å²) in [4.78, 5) is 22.5. The molecular formula is C19H17N3O5S. The SMILES string of the molecule is Cc1cc(C)cc(OCc2nnc(SCC(=O)c3cccc([N+](=O)[O-])c3)o2)c1. The molecule has 8 nitrogen and oxygen atoms in total. The maximum Gasteiger partial charge on any atom is 0.277 e. The molecule has 0 unspecified atom stereocenters.